The molecular weight excluding hydrogens is 322 g/mol. The monoisotopic (exact) mass is 343 g/mol. The topological polar surface area (TPSA) is 54.9 Å². The Morgan fingerprint density at radius 3 is 3.04 bits per heavy atom. The van der Waals surface area contributed by atoms with E-state index in [0.717, 1.165) is 41.5 Å². The first-order valence-corrected chi connectivity index (χ1v) is 8.43. The highest BCUT2D eigenvalue weighted by Crippen LogP contribution is 2.26. The second-order valence-electron chi connectivity index (χ2n) is 5.62. The minimum Gasteiger partial charge on any atom is -0.496 e. The maximum absolute atomic E-state index is 5.55. The van der Waals surface area contributed by atoms with Crippen molar-refractivity contribution in [3.63, 3.8) is 0 Å². The summed E-state index contributed by atoms with van der Waals surface area (Å²) in [6.45, 7) is 1.55. The Morgan fingerprint density at radius 2 is 2.25 bits per heavy atom. The van der Waals surface area contributed by atoms with Crippen LogP contribution in [0.1, 0.15) is 18.4 Å². The molecule has 1 fully saturated rings. The molecule has 6 heteroatoms. The van der Waals surface area contributed by atoms with Crippen molar-refractivity contribution in [2.45, 2.75) is 18.9 Å². The van der Waals surface area contributed by atoms with Crippen LogP contribution in [0, 0.1) is 0 Å². The van der Waals surface area contributed by atoms with Crippen LogP contribution in [-0.4, -0.2) is 37.7 Å². The van der Waals surface area contributed by atoms with E-state index < -0.39 is 0 Å². The average molecular weight is 343 g/mol. The number of nitrogens with zero attached hydrogens (tertiary/aromatic N) is 1. The zero-order chi connectivity index (χ0) is 16.8. The van der Waals surface area contributed by atoms with Crippen LogP contribution in [0.3, 0.4) is 0 Å². The Bertz CT molecular complexity index is 742. The zero-order valence-corrected chi connectivity index (χ0v) is 14.4. The van der Waals surface area contributed by atoms with Gasteiger partial charge in [-0.1, -0.05) is 30.3 Å². The summed E-state index contributed by atoms with van der Waals surface area (Å²) in [6, 6.07) is 12.1. The average Bonchev–Trinajstić information content (AvgIpc) is 3.13. The van der Waals surface area contributed by atoms with Gasteiger partial charge >= 0.3 is 0 Å². The number of thiocarbonyl (C=S) groups is 1. The van der Waals surface area contributed by atoms with Crippen molar-refractivity contribution in [3.8, 4) is 5.75 Å². The second kappa shape index (κ2) is 8.08. The molecule has 2 N–H and O–H groups in total. The maximum atomic E-state index is 5.55. The molecule has 5 nitrogen and oxygen atoms in total. The van der Waals surface area contributed by atoms with Gasteiger partial charge in [0.2, 0.25) is 0 Å². The third-order valence-electron chi connectivity index (χ3n) is 4.02. The van der Waals surface area contributed by atoms with Crippen LogP contribution in [0.25, 0.3) is 10.8 Å². The number of hydrazone groups is 1. The van der Waals surface area contributed by atoms with Gasteiger partial charge in [-0.15, -0.1) is 0 Å². The number of ether oxygens (including phenoxy) is 2. The smallest absolute Gasteiger partial charge is 0.187 e. The van der Waals surface area contributed by atoms with E-state index in [0.29, 0.717) is 11.7 Å². The highest BCUT2D eigenvalue weighted by atomic mass is 32.1. The van der Waals surface area contributed by atoms with Gasteiger partial charge in [0.1, 0.15) is 5.75 Å². The van der Waals surface area contributed by atoms with E-state index in [1.807, 2.05) is 30.3 Å². The van der Waals surface area contributed by atoms with Crippen LogP contribution in [0.5, 0.6) is 5.75 Å². The fourth-order valence-corrected chi connectivity index (χ4v) is 2.93. The third kappa shape index (κ3) is 4.01. The fourth-order valence-electron chi connectivity index (χ4n) is 2.79. The van der Waals surface area contributed by atoms with E-state index in [2.05, 4.69) is 21.9 Å². The first-order valence-electron chi connectivity index (χ1n) is 8.02. The summed E-state index contributed by atoms with van der Waals surface area (Å²) in [7, 11) is 1.66. The largest absolute Gasteiger partial charge is 0.496 e. The number of hydrogen-bond donors (Lipinski definition) is 2. The zero-order valence-electron chi connectivity index (χ0n) is 13.6. The highest BCUT2D eigenvalue weighted by Gasteiger charge is 2.15. The molecule has 1 saturated heterocycles. The van der Waals surface area contributed by atoms with Gasteiger partial charge in [-0.25, -0.2) is 0 Å². The van der Waals surface area contributed by atoms with Crippen LogP contribution in [0.15, 0.2) is 41.5 Å². The van der Waals surface area contributed by atoms with Crippen LogP contribution in [-0.2, 0) is 4.74 Å². The SMILES string of the molecule is COc1ccc2ccccc2c1/C=N\NC(=S)NC[C@H]1CCCO1. The summed E-state index contributed by atoms with van der Waals surface area (Å²) in [5.41, 5.74) is 3.77. The van der Waals surface area contributed by atoms with Crippen molar-refractivity contribution >= 4 is 34.3 Å². The molecular formula is C18H21N3O2S. The second-order valence-corrected chi connectivity index (χ2v) is 6.03. The van der Waals surface area contributed by atoms with E-state index in [9.17, 15) is 0 Å². The lowest BCUT2D eigenvalue weighted by atomic mass is 10.0. The van der Waals surface area contributed by atoms with E-state index in [4.69, 9.17) is 21.7 Å². The van der Waals surface area contributed by atoms with Gasteiger partial charge in [0.15, 0.2) is 5.11 Å². The first-order chi connectivity index (χ1) is 11.8. The van der Waals surface area contributed by atoms with Crippen molar-refractivity contribution in [1.82, 2.24) is 10.7 Å². The first kappa shape index (κ1) is 16.7. The molecule has 1 aliphatic rings. The van der Waals surface area contributed by atoms with E-state index in [1.165, 1.54) is 0 Å². The molecule has 0 aliphatic carbocycles. The van der Waals surface area contributed by atoms with E-state index >= 15 is 0 Å². The molecule has 0 unspecified atom stereocenters. The summed E-state index contributed by atoms with van der Waals surface area (Å²) < 4.78 is 11.0. The van der Waals surface area contributed by atoms with Gasteiger partial charge in [-0.3, -0.25) is 5.43 Å². The lowest BCUT2D eigenvalue weighted by Crippen LogP contribution is -2.37. The third-order valence-corrected chi connectivity index (χ3v) is 4.26. The molecule has 2 aromatic carbocycles. The van der Waals surface area contributed by atoms with Crippen molar-refractivity contribution in [2.75, 3.05) is 20.3 Å². The van der Waals surface area contributed by atoms with Gasteiger partial charge in [0.25, 0.3) is 0 Å². The van der Waals surface area contributed by atoms with Gasteiger partial charge in [-0.2, -0.15) is 5.10 Å². The quantitative estimate of drug-likeness (QED) is 0.497. The van der Waals surface area contributed by atoms with E-state index in [-0.39, 0.29) is 6.10 Å². The minimum atomic E-state index is 0.242. The number of hydrogen-bond acceptors (Lipinski definition) is 4. The Morgan fingerprint density at radius 1 is 1.38 bits per heavy atom. The standard InChI is InChI=1S/C18H21N3O2S/c1-22-17-9-8-13-5-2-3-7-15(13)16(17)12-20-21-18(24)19-11-14-6-4-10-23-14/h2-3,5,7-9,12,14H,4,6,10-11H2,1H3,(H2,19,21,24)/b20-12-/t14-/m1/s1. The van der Waals surface area contributed by atoms with E-state index in [1.54, 1.807) is 13.3 Å². The van der Waals surface area contributed by atoms with Crippen LogP contribution in [0.2, 0.25) is 0 Å². The molecule has 0 spiro atoms. The molecule has 126 valence electrons. The summed E-state index contributed by atoms with van der Waals surface area (Å²) in [5, 5.41) is 10.1. The number of benzene rings is 2. The molecule has 0 bridgehead atoms. The molecule has 1 heterocycles. The molecule has 0 aromatic heterocycles. The predicted octanol–water partition coefficient (Wildman–Crippen LogP) is 2.83. The summed E-state index contributed by atoms with van der Waals surface area (Å²) in [6.07, 6.45) is 4.17. The molecule has 0 saturated carbocycles. The number of methoxy groups -OCH3 is 1. The molecule has 2 aromatic rings. The Labute approximate surface area is 147 Å². The van der Waals surface area contributed by atoms with Gasteiger partial charge in [-0.05, 0) is 41.9 Å². The van der Waals surface area contributed by atoms with Crippen molar-refractivity contribution in [2.24, 2.45) is 5.10 Å². The minimum absolute atomic E-state index is 0.242. The number of nitrogens with one attached hydrogen (secondary N) is 2. The fraction of sp³-hybridized carbons (Fsp3) is 0.333. The molecule has 0 amide bonds. The molecule has 0 radical (unpaired) electrons. The maximum Gasteiger partial charge on any atom is 0.187 e. The molecule has 24 heavy (non-hydrogen) atoms. The van der Waals surface area contributed by atoms with Crippen molar-refractivity contribution in [3.05, 3.63) is 42.0 Å². The van der Waals surface area contributed by atoms with Gasteiger partial charge in [0, 0.05) is 18.7 Å². The summed E-state index contributed by atoms with van der Waals surface area (Å²) >= 11 is 5.24. The van der Waals surface area contributed by atoms with Crippen LogP contribution in [0.4, 0.5) is 0 Å². The lowest BCUT2D eigenvalue weighted by molar-refractivity contribution is 0.114. The predicted molar refractivity (Wildman–Crippen MR) is 101 cm³/mol. The van der Waals surface area contributed by atoms with Crippen LogP contribution < -0.4 is 15.5 Å². The summed E-state index contributed by atoms with van der Waals surface area (Å²) in [5.74, 6) is 0.775. The number of rotatable bonds is 5. The Kier molecular flexibility index (Phi) is 5.61. The Balaban J connectivity index is 1.65. The van der Waals surface area contributed by atoms with Gasteiger partial charge in [0.05, 0.1) is 19.4 Å². The number of fused-ring (bicyclic) bond motifs is 1. The lowest BCUT2D eigenvalue weighted by Gasteiger charge is -2.12. The molecule has 1 aliphatic heterocycles. The summed E-state index contributed by atoms with van der Waals surface area (Å²) in [4.78, 5) is 0. The normalized spacial score (nSPS) is 17.3. The molecule has 1 atom stereocenters. The van der Waals surface area contributed by atoms with Crippen molar-refractivity contribution < 1.29 is 9.47 Å². The van der Waals surface area contributed by atoms with Crippen molar-refractivity contribution in [1.29, 1.82) is 0 Å². The molecule has 3 rings (SSSR count). The van der Waals surface area contributed by atoms with Gasteiger partial charge < -0.3 is 14.8 Å². The highest BCUT2D eigenvalue weighted by molar-refractivity contribution is 7.80. The Hall–Kier alpha value is -2.18. The van der Waals surface area contributed by atoms with Crippen LogP contribution >= 0.6 is 12.2 Å².